The Morgan fingerprint density at radius 2 is 2.13 bits per heavy atom. The summed E-state index contributed by atoms with van der Waals surface area (Å²) in [6.07, 6.45) is 1.63. The molecule has 0 aromatic carbocycles. The molecule has 0 fully saturated rings. The van der Waals surface area contributed by atoms with Crippen LogP contribution in [0.15, 0.2) is 18.3 Å². The second kappa shape index (κ2) is 4.92. The minimum atomic E-state index is -0.679. The quantitative estimate of drug-likeness (QED) is 0.856. The first-order chi connectivity index (χ1) is 6.87. The summed E-state index contributed by atoms with van der Waals surface area (Å²) in [5, 5.41) is 10.3. The lowest BCUT2D eigenvalue weighted by Gasteiger charge is -2.25. The summed E-state index contributed by atoms with van der Waals surface area (Å²) < 4.78 is 0. The van der Waals surface area contributed by atoms with Crippen molar-refractivity contribution in [1.29, 1.82) is 0 Å². The van der Waals surface area contributed by atoms with Gasteiger partial charge in [0.05, 0.1) is 16.3 Å². The van der Waals surface area contributed by atoms with E-state index >= 15 is 0 Å². The highest BCUT2D eigenvalue weighted by Gasteiger charge is 2.15. The van der Waals surface area contributed by atoms with Crippen LogP contribution < -0.4 is 0 Å². The van der Waals surface area contributed by atoms with Crippen molar-refractivity contribution in [1.82, 2.24) is 9.88 Å². The van der Waals surface area contributed by atoms with Crippen molar-refractivity contribution in [2.45, 2.75) is 26.0 Å². The third kappa shape index (κ3) is 5.11. The first-order valence-corrected chi connectivity index (χ1v) is 5.26. The Balaban J connectivity index is 2.51. The van der Waals surface area contributed by atoms with Crippen molar-refractivity contribution < 1.29 is 5.11 Å². The summed E-state index contributed by atoms with van der Waals surface area (Å²) in [5.74, 6) is 0. The molecule has 1 N–H and O–H groups in total. The van der Waals surface area contributed by atoms with E-state index in [1.807, 2.05) is 24.1 Å². The zero-order valence-corrected chi connectivity index (χ0v) is 10.1. The zero-order valence-electron chi connectivity index (χ0n) is 9.37. The maximum atomic E-state index is 9.63. The van der Waals surface area contributed by atoms with E-state index in [0.717, 1.165) is 5.69 Å². The third-order valence-electron chi connectivity index (χ3n) is 1.88. The lowest BCUT2D eigenvalue weighted by molar-refractivity contribution is 0.0421. The summed E-state index contributed by atoms with van der Waals surface area (Å²) in [4.78, 5) is 6.22. The SMILES string of the molecule is CN(Cc1ccc(Cl)cn1)CC(C)(C)O. The van der Waals surface area contributed by atoms with E-state index in [1.54, 1.807) is 20.0 Å². The molecule has 0 spiro atoms. The number of likely N-dealkylation sites (N-methyl/N-ethyl adjacent to an activating group) is 1. The highest BCUT2D eigenvalue weighted by Crippen LogP contribution is 2.09. The largest absolute Gasteiger partial charge is 0.389 e. The number of hydrogen-bond donors (Lipinski definition) is 1. The second-order valence-corrected chi connectivity index (χ2v) is 4.89. The van der Waals surface area contributed by atoms with Crippen molar-refractivity contribution in [2.24, 2.45) is 0 Å². The predicted octanol–water partition coefficient (Wildman–Crippen LogP) is 1.94. The van der Waals surface area contributed by atoms with Gasteiger partial charge in [0, 0.05) is 19.3 Å². The Labute approximate surface area is 95.7 Å². The van der Waals surface area contributed by atoms with E-state index in [0.29, 0.717) is 18.1 Å². The monoisotopic (exact) mass is 228 g/mol. The molecule has 0 unspecified atom stereocenters. The van der Waals surface area contributed by atoms with Crippen LogP contribution in [0.25, 0.3) is 0 Å². The van der Waals surface area contributed by atoms with Crippen LogP contribution in [0.3, 0.4) is 0 Å². The van der Waals surface area contributed by atoms with Gasteiger partial charge in [-0.1, -0.05) is 11.6 Å². The number of aromatic nitrogens is 1. The van der Waals surface area contributed by atoms with Crippen LogP contribution in [0.4, 0.5) is 0 Å². The van der Waals surface area contributed by atoms with Gasteiger partial charge in [-0.05, 0) is 33.0 Å². The Hall–Kier alpha value is -0.640. The lowest BCUT2D eigenvalue weighted by atomic mass is 10.1. The number of rotatable bonds is 4. The molecule has 1 heterocycles. The third-order valence-corrected chi connectivity index (χ3v) is 2.10. The smallest absolute Gasteiger partial charge is 0.0718 e. The molecule has 0 atom stereocenters. The van der Waals surface area contributed by atoms with E-state index in [9.17, 15) is 5.11 Å². The maximum Gasteiger partial charge on any atom is 0.0718 e. The van der Waals surface area contributed by atoms with Crippen LogP contribution in [0.5, 0.6) is 0 Å². The summed E-state index contributed by atoms with van der Waals surface area (Å²) in [6.45, 7) is 4.90. The average Bonchev–Trinajstić information content (AvgIpc) is 2.05. The van der Waals surface area contributed by atoms with E-state index in [-0.39, 0.29) is 0 Å². The number of aliphatic hydroxyl groups is 1. The van der Waals surface area contributed by atoms with Gasteiger partial charge < -0.3 is 5.11 Å². The van der Waals surface area contributed by atoms with Crippen LogP contribution in [-0.4, -0.2) is 34.2 Å². The Bertz CT molecular complexity index is 305. The van der Waals surface area contributed by atoms with Crippen LogP contribution in [0.2, 0.25) is 5.02 Å². The van der Waals surface area contributed by atoms with Crippen molar-refractivity contribution in [3.05, 3.63) is 29.0 Å². The summed E-state index contributed by atoms with van der Waals surface area (Å²) in [7, 11) is 1.95. The van der Waals surface area contributed by atoms with Gasteiger partial charge in [0.2, 0.25) is 0 Å². The molecule has 0 radical (unpaired) electrons. The van der Waals surface area contributed by atoms with E-state index in [4.69, 9.17) is 11.6 Å². The Morgan fingerprint density at radius 3 is 2.60 bits per heavy atom. The maximum absolute atomic E-state index is 9.63. The summed E-state index contributed by atoms with van der Waals surface area (Å²) >= 11 is 5.74. The normalized spacial score (nSPS) is 12.1. The predicted molar refractivity (Wildman–Crippen MR) is 61.9 cm³/mol. The van der Waals surface area contributed by atoms with Crippen LogP contribution in [0.1, 0.15) is 19.5 Å². The Morgan fingerprint density at radius 1 is 1.47 bits per heavy atom. The second-order valence-electron chi connectivity index (χ2n) is 4.45. The van der Waals surface area contributed by atoms with Gasteiger partial charge >= 0.3 is 0 Å². The molecule has 1 aromatic rings. The van der Waals surface area contributed by atoms with Gasteiger partial charge in [-0.15, -0.1) is 0 Å². The number of halogens is 1. The van der Waals surface area contributed by atoms with Gasteiger partial charge in [0.1, 0.15) is 0 Å². The molecular formula is C11H17ClN2O. The highest BCUT2D eigenvalue weighted by molar-refractivity contribution is 6.30. The molecule has 15 heavy (non-hydrogen) atoms. The lowest BCUT2D eigenvalue weighted by Crippen LogP contribution is -2.35. The van der Waals surface area contributed by atoms with Crippen molar-refractivity contribution in [2.75, 3.05) is 13.6 Å². The molecule has 0 bridgehead atoms. The van der Waals surface area contributed by atoms with Crippen molar-refractivity contribution >= 4 is 11.6 Å². The van der Waals surface area contributed by atoms with Crippen molar-refractivity contribution in [3.8, 4) is 0 Å². The molecule has 3 nitrogen and oxygen atoms in total. The molecule has 0 aliphatic carbocycles. The molecule has 0 saturated carbocycles. The fourth-order valence-electron chi connectivity index (χ4n) is 1.49. The molecule has 4 heteroatoms. The van der Waals surface area contributed by atoms with E-state index in [1.165, 1.54) is 0 Å². The standard InChI is InChI=1S/C11H17ClN2O/c1-11(2,15)8-14(3)7-10-5-4-9(12)6-13-10/h4-6,15H,7-8H2,1-3H3. The number of nitrogens with zero attached hydrogens (tertiary/aromatic N) is 2. The van der Waals surface area contributed by atoms with Gasteiger partial charge in [0.25, 0.3) is 0 Å². The van der Waals surface area contributed by atoms with E-state index < -0.39 is 5.60 Å². The topological polar surface area (TPSA) is 36.4 Å². The number of hydrogen-bond acceptors (Lipinski definition) is 3. The minimum Gasteiger partial charge on any atom is -0.389 e. The van der Waals surface area contributed by atoms with E-state index in [2.05, 4.69) is 4.98 Å². The average molecular weight is 229 g/mol. The first kappa shape index (κ1) is 12.4. The zero-order chi connectivity index (χ0) is 11.5. The highest BCUT2D eigenvalue weighted by atomic mass is 35.5. The number of pyridine rings is 1. The van der Waals surface area contributed by atoms with Crippen LogP contribution >= 0.6 is 11.6 Å². The van der Waals surface area contributed by atoms with Gasteiger partial charge in [-0.2, -0.15) is 0 Å². The molecule has 0 saturated heterocycles. The van der Waals surface area contributed by atoms with Gasteiger partial charge in [-0.25, -0.2) is 0 Å². The molecule has 0 aliphatic heterocycles. The minimum absolute atomic E-state index is 0.608. The first-order valence-electron chi connectivity index (χ1n) is 4.88. The molecule has 0 aliphatic rings. The molecular weight excluding hydrogens is 212 g/mol. The van der Waals surface area contributed by atoms with Crippen molar-refractivity contribution in [3.63, 3.8) is 0 Å². The summed E-state index contributed by atoms with van der Waals surface area (Å²) in [6, 6.07) is 3.71. The summed E-state index contributed by atoms with van der Waals surface area (Å²) in [5.41, 5.74) is 0.271. The molecule has 1 aromatic heterocycles. The van der Waals surface area contributed by atoms with Crippen LogP contribution in [-0.2, 0) is 6.54 Å². The fraction of sp³-hybridized carbons (Fsp3) is 0.545. The van der Waals surface area contributed by atoms with Crippen LogP contribution in [0, 0.1) is 0 Å². The molecule has 0 amide bonds. The molecule has 1 rings (SSSR count). The fourth-order valence-corrected chi connectivity index (χ4v) is 1.60. The molecule has 84 valence electrons. The van der Waals surface area contributed by atoms with Gasteiger partial charge in [0.15, 0.2) is 0 Å². The van der Waals surface area contributed by atoms with Gasteiger partial charge in [-0.3, -0.25) is 9.88 Å². The Kier molecular flexibility index (Phi) is 4.08.